The van der Waals surface area contributed by atoms with Crippen LogP contribution in [-0.4, -0.2) is 50.3 Å². The lowest BCUT2D eigenvalue weighted by atomic mass is 10.1. The number of benzene rings is 1. The number of pyridine rings is 1. The predicted molar refractivity (Wildman–Crippen MR) is 109 cm³/mol. The maximum Gasteiger partial charge on any atom is 0.130 e. The first-order valence-electron chi connectivity index (χ1n) is 9.47. The van der Waals surface area contributed by atoms with Gasteiger partial charge in [0.05, 0.1) is 36.3 Å². The van der Waals surface area contributed by atoms with Crippen molar-refractivity contribution in [3.8, 4) is 16.8 Å². The molecule has 1 saturated heterocycles. The summed E-state index contributed by atoms with van der Waals surface area (Å²) < 4.78 is 9.44. The van der Waals surface area contributed by atoms with Crippen LogP contribution >= 0.6 is 0 Å². The van der Waals surface area contributed by atoms with Crippen LogP contribution in [0.2, 0.25) is 0 Å². The van der Waals surface area contributed by atoms with Crippen LogP contribution in [0.5, 0.6) is 0 Å². The third-order valence-corrected chi connectivity index (χ3v) is 5.15. The molecule has 0 spiro atoms. The second kappa shape index (κ2) is 6.76. The van der Waals surface area contributed by atoms with Gasteiger partial charge in [-0.1, -0.05) is 12.1 Å². The summed E-state index contributed by atoms with van der Waals surface area (Å²) in [5.41, 5.74) is 4.28. The molecule has 0 amide bonds. The van der Waals surface area contributed by atoms with Crippen LogP contribution in [0.4, 0.5) is 5.82 Å². The van der Waals surface area contributed by atoms with Gasteiger partial charge in [-0.05, 0) is 24.6 Å². The molecular formula is C21H22N6O. The summed E-state index contributed by atoms with van der Waals surface area (Å²) in [6.07, 6.45) is 7.87. The van der Waals surface area contributed by atoms with Gasteiger partial charge < -0.3 is 9.64 Å². The zero-order valence-electron chi connectivity index (χ0n) is 16.0. The van der Waals surface area contributed by atoms with Crippen molar-refractivity contribution in [2.45, 2.75) is 13.0 Å². The van der Waals surface area contributed by atoms with Crippen LogP contribution in [0, 0.1) is 0 Å². The number of fused-ring (bicyclic) bond motifs is 1. The van der Waals surface area contributed by atoms with Crippen LogP contribution in [0.3, 0.4) is 0 Å². The number of hydrogen-bond donors (Lipinski definition) is 0. The van der Waals surface area contributed by atoms with Gasteiger partial charge in [0.1, 0.15) is 5.82 Å². The molecule has 1 aliphatic heterocycles. The van der Waals surface area contributed by atoms with E-state index in [0.717, 1.165) is 53.2 Å². The number of morpholine rings is 1. The van der Waals surface area contributed by atoms with E-state index in [4.69, 9.17) is 4.74 Å². The number of anilines is 1. The zero-order chi connectivity index (χ0) is 19.1. The molecule has 3 aromatic heterocycles. The molecule has 0 unspecified atom stereocenters. The lowest BCUT2D eigenvalue weighted by Crippen LogP contribution is -2.41. The zero-order valence-corrected chi connectivity index (χ0v) is 16.0. The minimum absolute atomic E-state index is 0.215. The van der Waals surface area contributed by atoms with Gasteiger partial charge in [0, 0.05) is 49.5 Å². The first-order valence-corrected chi connectivity index (χ1v) is 9.47. The Morgan fingerprint density at radius 2 is 2.00 bits per heavy atom. The van der Waals surface area contributed by atoms with Gasteiger partial charge in [-0.15, -0.1) is 0 Å². The van der Waals surface area contributed by atoms with E-state index in [2.05, 4.69) is 51.3 Å². The number of rotatable bonds is 3. The van der Waals surface area contributed by atoms with Crippen molar-refractivity contribution in [2.24, 2.45) is 7.05 Å². The highest BCUT2D eigenvalue weighted by molar-refractivity contribution is 5.85. The molecule has 0 bridgehead atoms. The van der Waals surface area contributed by atoms with Crippen LogP contribution < -0.4 is 4.90 Å². The Labute approximate surface area is 163 Å². The molecule has 1 fully saturated rings. The first-order chi connectivity index (χ1) is 13.7. The van der Waals surface area contributed by atoms with Crippen molar-refractivity contribution in [1.29, 1.82) is 0 Å². The third-order valence-electron chi connectivity index (χ3n) is 5.15. The first kappa shape index (κ1) is 16.9. The van der Waals surface area contributed by atoms with Crippen molar-refractivity contribution < 1.29 is 4.74 Å². The summed E-state index contributed by atoms with van der Waals surface area (Å²) in [5, 5.41) is 10.0. The van der Waals surface area contributed by atoms with Crippen molar-refractivity contribution in [3.63, 3.8) is 0 Å². The molecule has 1 aliphatic rings. The molecule has 1 aromatic carbocycles. The molecule has 0 radical (unpaired) electrons. The highest BCUT2D eigenvalue weighted by Crippen LogP contribution is 2.27. The Kier molecular flexibility index (Phi) is 4.09. The van der Waals surface area contributed by atoms with Crippen molar-refractivity contribution in [2.75, 3.05) is 24.6 Å². The van der Waals surface area contributed by atoms with Crippen molar-refractivity contribution in [3.05, 3.63) is 55.1 Å². The van der Waals surface area contributed by atoms with E-state index in [-0.39, 0.29) is 6.10 Å². The van der Waals surface area contributed by atoms with Crippen molar-refractivity contribution in [1.82, 2.24) is 24.5 Å². The summed E-state index contributed by atoms with van der Waals surface area (Å²) >= 11 is 0. The Morgan fingerprint density at radius 3 is 2.82 bits per heavy atom. The van der Waals surface area contributed by atoms with Gasteiger partial charge in [-0.2, -0.15) is 10.2 Å². The molecule has 0 aliphatic carbocycles. The molecule has 1 atom stereocenters. The van der Waals surface area contributed by atoms with Gasteiger partial charge in [-0.25, -0.2) is 9.67 Å². The maximum absolute atomic E-state index is 5.65. The molecular weight excluding hydrogens is 352 g/mol. The highest BCUT2D eigenvalue weighted by Gasteiger charge is 2.18. The van der Waals surface area contributed by atoms with E-state index in [0.29, 0.717) is 0 Å². The second-order valence-corrected chi connectivity index (χ2v) is 7.23. The average Bonchev–Trinajstić information content (AvgIpc) is 3.34. The van der Waals surface area contributed by atoms with Crippen LogP contribution in [0.15, 0.2) is 55.1 Å². The van der Waals surface area contributed by atoms with Gasteiger partial charge in [0.15, 0.2) is 0 Å². The fraction of sp³-hybridized carbons (Fsp3) is 0.286. The lowest BCUT2D eigenvalue weighted by Gasteiger charge is -2.32. The molecule has 7 nitrogen and oxygen atoms in total. The summed E-state index contributed by atoms with van der Waals surface area (Å²) in [6, 6.07) is 10.5. The Balaban J connectivity index is 1.55. The largest absolute Gasteiger partial charge is 0.375 e. The SMILES string of the molecule is C[C@@H]1CN(c2cc(-n3ncc4ccc(-c5cnn(C)c5)cc43)ccn2)CCO1. The van der Waals surface area contributed by atoms with Gasteiger partial charge in [-0.3, -0.25) is 4.68 Å². The number of aryl methyl sites for hydroxylation is 1. The van der Waals surface area contributed by atoms with Gasteiger partial charge >= 0.3 is 0 Å². The Hall–Kier alpha value is -3.19. The van der Waals surface area contributed by atoms with Crippen LogP contribution in [0.1, 0.15) is 6.92 Å². The smallest absolute Gasteiger partial charge is 0.130 e. The van der Waals surface area contributed by atoms with E-state index in [9.17, 15) is 0 Å². The molecule has 28 heavy (non-hydrogen) atoms. The minimum Gasteiger partial charge on any atom is -0.375 e. The summed E-state index contributed by atoms with van der Waals surface area (Å²) in [6.45, 7) is 4.52. The second-order valence-electron chi connectivity index (χ2n) is 7.23. The van der Waals surface area contributed by atoms with Crippen LogP contribution in [0.25, 0.3) is 27.7 Å². The molecule has 4 heterocycles. The fourth-order valence-corrected chi connectivity index (χ4v) is 3.71. The number of aromatic nitrogens is 5. The van der Waals surface area contributed by atoms with E-state index < -0.39 is 0 Å². The predicted octanol–water partition coefficient (Wildman–Crippen LogP) is 3.05. The molecule has 4 aromatic rings. The van der Waals surface area contributed by atoms with E-state index in [1.54, 1.807) is 0 Å². The van der Waals surface area contributed by atoms with Crippen molar-refractivity contribution >= 4 is 16.7 Å². The quantitative estimate of drug-likeness (QED) is 0.552. The molecule has 0 N–H and O–H groups in total. The third kappa shape index (κ3) is 3.03. The summed E-state index contributed by atoms with van der Waals surface area (Å²) in [5.74, 6) is 0.958. The fourth-order valence-electron chi connectivity index (χ4n) is 3.71. The van der Waals surface area contributed by atoms with E-state index >= 15 is 0 Å². The van der Waals surface area contributed by atoms with E-state index in [1.165, 1.54) is 0 Å². The Bertz CT molecular complexity index is 1130. The topological polar surface area (TPSA) is 61.0 Å². The maximum atomic E-state index is 5.65. The molecule has 7 heteroatoms. The number of hydrogen-bond acceptors (Lipinski definition) is 5. The normalized spacial score (nSPS) is 17.4. The molecule has 142 valence electrons. The van der Waals surface area contributed by atoms with E-state index in [1.807, 2.05) is 47.3 Å². The molecule has 0 saturated carbocycles. The summed E-state index contributed by atoms with van der Waals surface area (Å²) in [4.78, 5) is 6.84. The van der Waals surface area contributed by atoms with Crippen LogP contribution in [-0.2, 0) is 11.8 Å². The number of ether oxygens (including phenoxy) is 1. The average molecular weight is 374 g/mol. The number of nitrogens with zero attached hydrogens (tertiary/aromatic N) is 6. The lowest BCUT2D eigenvalue weighted by molar-refractivity contribution is 0.0529. The van der Waals surface area contributed by atoms with Gasteiger partial charge in [0.25, 0.3) is 0 Å². The molecule has 5 rings (SSSR count). The monoisotopic (exact) mass is 374 g/mol. The Morgan fingerprint density at radius 1 is 1.07 bits per heavy atom. The standard InChI is InChI=1S/C21H22N6O/c1-15-13-26(7-8-28-15)21-10-19(5-6-22-21)27-20-9-16(3-4-17(20)11-24-27)18-12-23-25(2)14-18/h3-6,9-12,14-15H,7-8,13H2,1-2H3/t15-/m1/s1. The van der Waals surface area contributed by atoms with Gasteiger partial charge in [0.2, 0.25) is 0 Å². The summed E-state index contributed by atoms with van der Waals surface area (Å²) in [7, 11) is 1.93. The minimum atomic E-state index is 0.215. The highest BCUT2D eigenvalue weighted by atomic mass is 16.5.